The number of hydrogen-bond donors (Lipinski definition) is 1. The Morgan fingerprint density at radius 2 is 2.11 bits per heavy atom. The van der Waals surface area contributed by atoms with E-state index in [1.807, 2.05) is 11.8 Å². The average Bonchev–Trinajstić information content (AvgIpc) is 2.36. The smallest absolute Gasteiger partial charge is 0.125 e. The molecule has 2 nitrogen and oxygen atoms in total. The number of ether oxygens (including phenoxy) is 1. The van der Waals surface area contributed by atoms with Crippen molar-refractivity contribution < 1.29 is 4.74 Å². The number of halogens is 1. The summed E-state index contributed by atoms with van der Waals surface area (Å²) >= 11 is 5.45. The lowest BCUT2D eigenvalue weighted by Crippen LogP contribution is -2.22. The number of hydrogen-bond acceptors (Lipinski definition) is 3. The zero-order chi connectivity index (χ0) is 14.3. The fourth-order valence-electron chi connectivity index (χ4n) is 1.93. The van der Waals surface area contributed by atoms with E-state index in [0.717, 1.165) is 41.2 Å². The third kappa shape index (κ3) is 5.76. The average molecular weight is 346 g/mol. The second-order valence-corrected chi connectivity index (χ2v) is 6.94. The van der Waals surface area contributed by atoms with Gasteiger partial charge in [-0.2, -0.15) is 11.8 Å². The van der Waals surface area contributed by atoms with Crippen LogP contribution in [0.5, 0.6) is 5.75 Å². The maximum Gasteiger partial charge on any atom is 0.125 e. The highest BCUT2D eigenvalue weighted by Crippen LogP contribution is 2.29. The fourth-order valence-corrected chi connectivity index (χ4v) is 3.04. The van der Waals surface area contributed by atoms with Gasteiger partial charge in [-0.1, -0.05) is 29.8 Å². The van der Waals surface area contributed by atoms with Gasteiger partial charge >= 0.3 is 0 Å². The minimum atomic E-state index is 0.195. The molecule has 4 heteroatoms. The molecule has 1 aromatic rings. The van der Waals surface area contributed by atoms with Crippen LogP contribution in [-0.2, 0) is 6.42 Å². The number of aryl methyl sites for hydroxylation is 1. The molecule has 2 N–H and O–H groups in total. The molecular weight excluding hydrogens is 322 g/mol. The van der Waals surface area contributed by atoms with Crippen LogP contribution in [0, 0.1) is 6.92 Å². The predicted octanol–water partition coefficient (Wildman–Crippen LogP) is 4.17. The van der Waals surface area contributed by atoms with Crippen LogP contribution in [0.15, 0.2) is 16.6 Å². The summed E-state index contributed by atoms with van der Waals surface area (Å²) in [5.41, 5.74) is 8.46. The van der Waals surface area contributed by atoms with Crippen LogP contribution in [0.3, 0.4) is 0 Å². The molecule has 108 valence electrons. The van der Waals surface area contributed by atoms with Crippen LogP contribution in [0.1, 0.15) is 31.4 Å². The first-order valence-corrected chi connectivity index (χ1v) is 8.78. The molecule has 0 saturated carbocycles. The molecule has 19 heavy (non-hydrogen) atoms. The van der Waals surface area contributed by atoms with E-state index in [9.17, 15) is 0 Å². The van der Waals surface area contributed by atoms with E-state index in [-0.39, 0.29) is 6.04 Å². The first kappa shape index (κ1) is 16.9. The molecule has 0 aliphatic rings. The van der Waals surface area contributed by atoms with Crippen LogP contribution in [-0.4, -0.2) is 24.2 Å². The third-order valence-corrected chi connectivity index (χ3v) is 4.32. The van der Waals surface area contributed by atoms with E-state index in [1.54, 1.807) is 0 Å². The molecular formula is C15H24BrNOS. The lowest BCUT2D eigenvalue weighted by atomic mass is 10.0. The molecule has 0 aliphatic heterocycles. The van der Waals surface area contributed by atoms with E-state index in [4.69, 9.17) is 10.5 Å². The highest BCUT2D eigenvalue weighted by Gasteiger charge is 2.12. The predicted molar refractivity (Wildman–Crippen MR) is 89.3 cm³/mol. The van der Waals surface area contributed by atoms with Gasteiger partial charge in [-0.15, -0.1) is 0 Å². The van der Waals surface area contributed by atoms with Crippen molar-refractivity contribution in [1.29, 1.82) is 0 Å². The molecule has 0 amide bonds. The Morgan fingerprint density at radius 3 is 2.74 bits per heavy atom. The largest absolute Gasteiger partial charge is 0.492 e. The van der Waals surface area contributed by atoms with E-state index in [2.05, 4.69) is 48.8 Å². The zero-order valence-corrected chi connectivity index (χ0v) is 14.4. The first-order valence-electron chi connectivity index (χ1n) is 6.83. The van der Waals surface area contributed by atoms with Crippen LogP contribution < -0.4 is 10.5 Å². The van der Waals surface area contributed by atoms with Crippen molar-refractivity contribution in [2.45, 2.75) is 39.7 Å². The molecule has 1 unspecified atom stereocenters. The van der Waals surface area contributed by atoms with Gasteiger partial charge in [0.25, 0.3) is 0 Å². The van der Waals surface area contributed by atoms with E-state index >= 15 is 0 Å². The molecule has 0 heterocycles. The van der Waals surface area contributed by atoms with Crippen LogP contribution >= 0.6 is 27.7 Å². The molecule has 0 aliphatic carbocycles. The molecule has 0 spiro atoms. The van der Waals surface area contributed by atoms with Crippen molar-refractivity contribution in [3.8, 4) is 5.75 Å². The van der Waals surface area contributed by atoms with Gasteiger partial charge in [0.15, 0.2) is 0 Å². The normalized spacial score (nSPS) is 12.5. The van der Waals surface area contributed by atoms with Crippen molar-refractivity contribution >= 4 is 27.7 Å². The Hall–Kier alpha value is -0.190. The zero-order valence-electron chi connectivity index (χ0n) is 12.0. The number of rotatable bonds is 8. The Labute approximate surface area is 129 Å². The third-order valence-electron chi connectivity index (χ3n) is 3.00. The second kappa shape index (κ2) is 8.88. The van der Waals surface area contributed by atoms with Crippen molar-refractivity contribution in [2.24, 2.45) is 5.73 Å². The number of nitrogens with two attached hydrogens (primary N) is 1. The molecule has 0 radical (unpaired) electrons. The van der Waals surface area contributed by atoms with Gasteiger partial charge in [-0.3, -0.25) is 0 Å². The SMILES string of the molecule is CCSCCOc1c(C)cc(Br)cc1CC(N)CC. The lowest BCUT2D eigenvalue weighted by molar-refractivity contribution is 0.336. The monoisotopic (exact) mass is 345 g/mol. The van der Waals surface area contributed by atoms with Crippen molar-refractivity contribution in [1.82, 2.24) is 0 Å². The molecule has 1 aromatic carbocycles. The van der Waals surface area contributed by atoms with Crippen LogP contribution in [0.2, 0.25) is 0 Å². The van der Waals surface area contributed by atoms with Gasteiger partial charge in [-0.25, -0.2) is 0 Å². The Kier molecular flexibility index (Phi) is 7.88. The summed E-state index contributed by atoms with van der Waals surface area (Å²) < 4.78 is 7.07. The summed E-state index contributed by atoms with van der Waals surface area (Å²) in [7, 11) is 0. The maximum absolute atomic E-state index is 6.08. The molecule has 0 fully saturated rings. The number of benzene rings is 1. The summed E-state index contributed by atoms with van der Waals surface area (Å²) in [4.78, 5) is 0. The summed E-state index contributed by atoms with van der Waals surface area (Å²) in [5.74, 6) is 3.19. The van der Waals surface area contributed by atoms with Gasteiger partial charge < -0.3 is 10.5 Å². The van der Waals surface area contributed by atoms with Crippen molar-refractivity contribution in [2.75, 3.05) is 18.1 Å². The van der Waals surface area contributed by atoms with Crippen molar-refractivity contribution in [3.63, 3.8) is 0 Å². The number of thioether (sulfide) groups is 1. The Bertz CT molecular complexity index is 398. The van der Waals surface area contributed by atoms with E-state index in [0.29, 0.717) is 0 Å². The topological polar surface area (TPSA) is 35.2 Å². The quantitative estimate of drug-likeness (QED) is 0.718. The maximum atomic E-state index is 6.08. The second-order valence-electron chi connectivity index (χ2n) is 4.63. The van der Waals surface area contributed by atoms with Crippen LogP contribution in [0.4, 0.5) is 0 Å². The summed E-state index contributed by atoms with van der Waals surface area (Å²) in [6.07, 6.45) is 1.85. The van der Waals surface area contributed by atoms with E-state index in [1.165, 1.54) is 11.1 Å². The first-order chi connectivity index (χ1) is 9.08. The molecule has 0 saturated heterocycles. The standard InChI is InChI=1S/C15H24BrNOS/c1-4-14(17)10-12-9-13(16)8-11(3)15(12)18-6-7-19-5-2/h8-9,14H,4-7,10,17H2,1-3H3. The lowest BCUT2D eigenvalue weighted by Gasteiger charge is -2.17. The van der Waals surface area contributed by atoms with E-state index < -0.39 is 0 Å². The summed E-state index contributed by atoms with van der Waals surface area (Å²) in [5, 5.41) is 0. The van der Waals surface area contributed by atoms with Crippen molar-refractivity contribution in [3.05, 3.63) is 27.7 Å². The summed E-state index contributed by atoms with van der Waals surface area (Å²) in [6.45, 7) is 7.14. The minimum absolute atomic E-state index is 0.195. The molecule has 1 atom stereocenters. The van der Waals surface area contributed by atoms with Gasteiger partial charge in [0.1, 0.15) is 5.75 Å². The van der Waals surface area contributed by atoms with Gasteiger partial charge in [0.2, 0.25) is 0 Å². The Balaban J connectivity index is 2.80. The summed E-state index contributed by atoms with van der Waals surface area (Å²) in [6, 6.07) is 4.43. The molecule has 1 rings (SSSR count). The fraction of sp³-hybridized carbons (Fsp3) is 0.600. The van der Waals surface area contributed by atoms with Gasteiger partial charge in [0, 0.05) is 16.3 Å². The highest BCUT2D eigenvalue weighted by atomic mass is 79.9. The Morgan fingerprint density at radius 1 is 1.37 bits per heavy atom. The van der Waals surface area contributed by atoms with Crippen LogP contribution in [0.25, 0.3) is 0 Å². The highest BCUT2D eigenvalue weighted by molar-refractivity contribution is 9.10. The van der Waals surface area contributed by atoms with Gasteiger partial charge in [0.05, 0.1) is 6.61 Å². The molecule has 0 aromatic heterocycles. The minimum Gasteiger partial charge on any atom is -0.492 e. The molecule has 0 bridgehead atoms. The van der Waals surface area contributed by atoms with Gasteiger partial charge in [-0.05, 0) is 48.8 Å².